The highest BCUT2D eigenvalue weighted by Crippen LogP contribution is 2.24. The molecule has 2 nitrogen and oxygen atoms in total. The SMILES string of the molecule is Cc1ccc(N2CC[C@H](O)C2)c(C)c1. The van der Waals surface area contributed by atoms with Gasteiger partial charge in [0.25, 0.3) is 0 Å². The van der Waals surface area contributed by atoms with Crippen molar-refractivity contribution in [1.82, 2.24) is 0 Å². The summed E-state index contributed by atoms with van der Waals surface area (Å²) in [5, 5.41) is 9.46. The molecule has 1 N–H and O–H groups in total. The van der Waals surface area contributed by atoms with Crippen molar-refractivity contribution >= 4 is 5.69 Å². The van der Waals surface area contributed by atoms with Crippen LogP contribution in [0.4, 0.5) is 5.69 Å². The van der Waals surface area contributed by atoms with E-state index in [-0.39, 0.29) is 6.10 Å². The molecule has 1 fully saturated rings. The average Bonchev–Trinajstić information content (AvgIpc) is 2.51. The maximum Gasteiger partial charge on any atom is 0.0731 e. The number of rotatable bonds is 1. The third kappa shape index (κ3) is 1.75. The molecule has 0 aromatic heterocycles. The Labute approximate surface area is 85.2 Å². The third-order valence-electron chi connectivity index (χ3n) is 2.86. The van der Waals surface area contributed by atoms with E-state index in [0.717, 1.165) is 19.5 Å². The first-order valence-electron chi connectivity index (χ1n) is 5.17. The van der Waals surface area contributed by atoms with Gasteiger partial charge in [0.05, 0.1) is 6.10 Å². The monoisotopic (exact) mass is 191 g/mol. The molecule has 1 atom stereocenters. The number of aryl methyl sites for hydroxylation is 2. The zero-order valence-electron chi connectivity index (χ0n) is 8.83. The lowest BCUT2D eigenvalue weighted by Crippen LogP contribution is -2.21. The summed E-state index contributed by atoms with van der Waals surface area (Å²) in [7, 11) is 0. The molecule has 2 heteroatoms. The minimum absolute atomic E-state index is 0.143. The fraction of sp³-hybridized carbons (Fsp3) is 0.500. The lowest BCUT2D eigenvalue weighted by molar-refractivity contribution is 0.198. The largest absolute Gasteiger partial charge is 0.391 e. The molecule has 0 unspecified atom stereocenters. The standard InChI is InChI=1S/C12H17NO/c1-9-3-4-12(10(2)7-9)13-6-5-11(14)8-13/h3-4,7,11,14H,5-6,8H2,1-2H3/t11-/m0/s1. The minimum atomic E-state index is -0.143. The highest BCUT2D eigenvalue weighted by atomic mass is 16.3. The van der Waals surface area contributed by atoms with E-state index < -0.39 is 0 Å². The van der Waals surface area contributed by atoms with Crippen LogP contribution in [0.3, 0.4) is 0 Å². The van der Waals surface area contributed by atoms with Gasteiger partial charge in [-0.15, -0.1) is 0 Å². The molecule has 1 saturated heterocycles. The summed E-state index contributed by atoms with van der Waals surface area (Å²) in [5.74, 6) is 0. The first-order valence-corrected chi connectivity index (χ1v) is 5.17. The van der Waals surface area contributed by atoms with E-state index in [1.54, 1.807) is 0 Å². The quantitative estimate of drug-likeness (QED) is 0.732. The molecule has 0 amide bonds. The Kier molecular flexibility index (Phi) is 2.46. The van der Waals surface area contributed by atoms with Gasteiger partial charge in [-0.1, -0.05) is 17.7 Å². The van der Waals surface area contributed by atoms with Gasteiger partial charge in [0.2, 0.25) is 0 Å². The zero-order chi connectivity index (χ0) is 10.1. The van der Waals surface area contributed by atoms with Gasteiger partial charge in [-0.3, -0.25) is 0 Å². The molecule has 2 rings (SSSR count). The summed E-state index contributed by atoms with van der Waals surface area (Å²) in [6.45, 7) is 6.00. The Morgan fingerprint density at radius 1 is 1.36 bits per heavy atom. The molecule has 1 aliphatic rings. The van der Waals surface area contributed by atoms with Gasteiger partial charge in [0.15, 0.2) is 0 Å². The summed E-state index contributed by atoms with van der Waals surface area (Å²) >= 11 is 0. The molecule has 0 aliphatic carbocycles. The van der Waals surface area contributed by atoms with Gasteiger partial charge >= 0.3 is 0 Å². The molecule has 0 radical (unpaired) electrons. The Hall–Kier alpha value is -1.02. The Morgan fingerprint density at radius 2 is 2.14 bits per heavy atom. The number of hydrogen-bond donors (Lipinski definition) is 1. The van der Waals surface area contributed by atoms with Crippen LogP contribution in [-0.4, -0.2) is 24.3 Å². The number of aliphatic hydroxyl groups is 1. The van der Waals surface area contributed by atoms with Crippen molar-refractivity contribution in [1.29, 1.82) is 0 Å². The van der Waals surface area contributed by atoms with E-state index in [1.807, 2.05) is 0 Å². The first kappa shape index (κ1) is 9.53. The van der Waals surface area contributed by atoms with E-state index >= 15 is 0 Å². The van der Waals surface area contributed by atoms with E-state index in [1.165, 1.54) is 16.8 Å². The molecular weight excluding hydrogens is 174 g/mol. The second-order valence-electron chi connectivity index (χ2n) is 4.18. The minimum Gasteiger partial charge on any atom is -0.391 e. The number of hydrogen-bond acceptors (Lipinski definition) is 2. The molecule has 0 bridgehead atoms. The highest BCUT2D eigenvalue weighted by molar-refractivity contribution is 5.55. The second kappa shape index (κ2) is 3.62. The van der Waals surface area contributed by atoms with Crippen LogP contribution >= 0.6 is 0 Å². The molecule has 0 saturated carbocycles. The van der Waals surface area contributed by atoms with Crippen LogP contribution in [0.5, 0.6) is 0 Å². The Bertz CT molecular complexity index is 335. The zero-order valence-corrected chi connectivity index (χ0v) is 8.83. The van der Waals surface area contributed by atoms with Crippen molar-refractivity contribution < 1.29 is 5.11 Å². The lowest BCUT2D eigenvalue weighted by atomic mass is 10.1. The number of aliphatic hydroxyl groups excluding tert-OH is 1. The number of β-amino-alcohol motifs (C(OH)–C–C–N with tert-alkyl or cyclic N) is 1. The van der Waals surface area contributed by atoms with E-state index in [4.69, 9.17) is 0 Å². The smallest absolute Gasteiger partial charge is 0.0731 e. The topological polar surface area (TPSA) is 23.5 Å². The van der Waals surface area contributed by atoms with Gasteiger partial charge in [-0.25, -0.2) is 0 Å². The van der Waals surface area contributed by atoms with Crippen LogP contribution < -0.4 is 4.90 Å². The van der Waals surface area contributed by atoms with Gasteiger partial charge in [0, 0.05) is 18.8 Å². The summed E-state index contributed by atoms with van der Waals surface area (Å²) in [6.07, 6.45) is 0.753. The van der Waals surface area contributed by atoms with Crippen molar-refractivity contribution in [2.75, 3.05) is 18.0 Å². The summed E-state index contributed by atoms with van der Waals surface area (Å²) in [5.41, 5.74) is 3.87. The van der Waals surface area contributed by atoms with Crippen LogP contribution in [0, 0.1) is 13.8 Å². The van der Waals surface area contributed by atoms with E-state index in [0.29, 0.717) is 0 Å². The number of benzene rings is 1. The first-order chi connectivity index (χ1) is 6.66. The molecule has 1 aromatic carbocycles. The van der Waals surface area contributed by atoms with Crippen LogP contribution in [0.15, 0.2) is 18.2 Å². The van der Waals surface area contributed by atoms with Gasteiger partial charge in [-0.05, 0) is 31.9 Å². The fourth-order valence-electron chi connectivity index (χ4n) is 2.12. The predicted octanol–water partition coefficient (Wildman–Crippen LogP) is 1.87. The lowest BCUT2D eigenvalue weighted by Gasteiger charge is -2.20. The number of anilines is 1. The van der Waals surface area contributed by atoms with Crippen LogP contribution in [0.25, 0.3) is 0 Å². The van der Waals surface area contributed by atoms with E-state index in [2.05, 4.69) is 36.9 Å². The molecular formula is C12H17NO. The van der Waals surface area contributed by atoms with Crippen molar-refractivity contribution in [2.24, 2.45) is 0 Å². The van der Waals surface area contributed by atoms with Gasteiger partial charge in [-0.2, -0.15) is 0 Å². The Morgan fingerprint density at radius 3 is 2.71 bits per heavy atom. The molecule has 1 aromatic rings. The molecule has 1 heterocycles. The van der Waals surface area contributed by atoms with Crippen molar-refractivity contribution in [3.8, 4) is 0 Å². The van der Waals surface area contributed by atoms with Gasteiger partial charge in [0.1, 0.15) is 0 Å². The van der Waals surface area contributed by atoms with E-state index in [9.17, 15) is 5.11 Å². The molecule has 0 spiro atoms. The van der Waals surface area contributed by atoms with Crippen LogP contribution in [-0.2, 0) is 0 Å². The second-order valence-corrected chi connectivity index (χ2v) is 4.18. The van der Waals surface area contributed by atoms with Crippen molar-refractivity contribution in [3.63, 3.8) is 0 Å². The van der Waals surface area contributed by atoms with Crippen LogP contribution in [0.1, 0.15) is 17.5 Å². The third-order valence-corrected chi connectivity index (χ3v) is 2.86. The maximum atomic E-state index is 9.46. The van der Waals surface area contributed by atoms with Crippen LogP contribution in [0.2, 0.25) is 0 Å². The average molecular weight is 191 g/mol. The summed E-state index contributed by atoms with van der Waals surface area (Å²) < 4.78 is 0. The predicted molar refractivity (Wildman–Crippen MR) is 58.8 cm³/mol. The molecule has 1 aliphatic heterocycles. The summed E-state index contributed by atoms with van der Waals surface area (Å²) in [6, 6.07) is 6.48. The number of nitrogens with zero attached hydrogens (tertiary/aromatic N) is 1. The summed E-state index contributed by atoms with van der Waals surface area (Å²) in [4.78, 5) is 2.26. The van der Waals surface area contributed by atoms with Crippen molar-refractivity contribution in [2.45, 2.75) is 26.4 Å². The highest BCUT2D eigenvalue weighted by Gasteiger charge is 2.21. The maximum absolute atomic E-state index is 9.46. The molecule has 76 valence electrons. The molecule has 14 heavy (non-hydrogen) atoms. The van der Waals surface area contributed by atoms with Gasteiger partial charge < -0.3 is 10.0 Å². The normalized spacial score (nSPS) is 21.6. The van der Waals surface area contributed by atoms with Crippen molar-refractivity contribution in [3.05, 3.63) is 29.3 Å². The Balaban J connectivity index is 2.24. The fourth-order valence-corrected chi connectivity index (χ4v) is 2.12.